The lowest BCUT2D eigenvalue weighted by molar-refractivity contribution is -0.136. The van der Waals surface area contributed by atoms with Gasteiger partial charge in [0.05, 0.1) is 24.8 Å². The van der Waals surface area contributed by atoms with Gasteiger partial charge in [-0.05, 0) is 50.5 Å². The number of carbonyl (C=O) groups excluding carboxylic acids is 2. The second-order valence-corrected chi connectivity index (χ2v) is 8.48. The van der Waals surface area contributed by atoms with Gasteiger partial charge in [0.1, 0.15) is 0 Å². The van der Waals surface area contributed by atoms with E-state index in [-0.39, 0.29) is 42.5 Å². The molecule has 1 aliphatic rings. The van der Waals surface area contributed by atoms with Gasteiger partial charge in [0.15, 0.2) is 0 Å². The summed E-state index contributed by atoms with van der Waals surface area (Å²) in [6.45, 7) is 11.4. The van der Waals surface area contributed by atoms with Gasteiger partial charge in [0.2, 0.25) is 11.8 Å². The van der Waals surface area contributed by atoms with Crippen LogP contribution in [0.5, 0.6) is 0 Å². The first-order valence-corrected chi connectivity index (χ1v) is 10.2. The van der Waals surface area contributed by atoms with E-state index in [4.69, 9.17) is 4.74 Å². The lowest BCUT2D eigenvalue weighted by Crippen LogP contribution is -2.57. The Morgan fingerprint density at radius 3 is 2.44 bits per heavy atom. The Bertz CT molecular complexity index is 670. The van der Waals surface area contributed by atoms with Crippen molar-refractivity contribution >= 4 is 33.4 Å². The molecule has 1 aromatic rings. The molecule has 150 valence electrons. The van der Waals surface area contributed by atoms with Crippen molar-refractivity contribution in [3.63, 3.8) is 0 Å². The molecule has 7 heteroatoms. The number of hydrogen-bond acceptors (Lipinski definition) is 4. The molecule has 2 N–H and O–H groups in total. The van der Waals surface area contributed by atoms with Crippen molar-refractivity contribution in [3.8, 4) is 0 Å². The quantitative estimate of drug-likeness (QED) is 0.714. The average Bonchev–Trinajstić information content (AvgIpc) is 2.55. The third-order valence-electron chi connectivity index (χ3n) is 4.61. The van der Waals surface area contributed by atoms with E-state index in [0.717, 1.165) is 10.0 Å². The standard InChI is InChI=1S/C20H30BrN3O3/c1-12(2)19(24-10-14(4)27-15(5)11-24)20(26)22-9-18(25)23-16-6-7-17(21)13(3)8-16/h6-8,12,14-15,19H,9-11H2,1-5H3,(H,22,26)(H,23,25). The van der Waals surface area contributed by atoms with Gasteiger partial charge < -0.3 is 15.4 Å². The maximum atomic E-state index is 12.8. The van der Waals surface area contributed by atoms with Crippen LogP contribution in [-0.4, -0.2) is 54.6 Å². The molecule has 0 saturated carbocycles. The zero-order chi connectivity index (χ0) is 20.1. The predicted molar refractivity (Wildman–Crippen MR) is 111 cm³/mol. The topological polar surface area (TPSA) is 70.7 Å². The smallest absolute Gasteiger partial charge is 0.243 e. The molecule has 0 aliphatic carbocycles. The van der Waals surface area contributed by atoms with Gasteiger partial charge in [0.25, 0.3) is 0 Å². The van der Waals surface area contributed by atoms with E-state index in [2.05, 4.69) is 31.5 Å². The van der Waals surface area contributed by atoms with Gasteiger partial charge >= 0.3 is 0 Å². The maximum absolute atomic E-state index is 12.8. The fourth-order valence-corrected chi connectivity index (χ4v) is 3.78. The lowest BCUT2D eigenvalue weighted by Gasteiger charge is -2.40. The van der Waals surface area contributed by atoms with Crippen LogP contribution in [0.2, 0.25) is 0 Å². The molecule has 6 nitrogen and oxygen atoms in total. The SMILES string of the molecule is Cc1cc(NC(=O)CNC(=O)C(C(C)C)N2CC(C)OC(C)C2)ccc1Br. The summed E-state index contributed by atoms with van der Waals surface area (Å²) in [4.78, 5) is 27.1. The van der Waals surface area contributed by atoms with Crippen molar-refractivity contribution in [2.75, 3.05) is 25.0 Å². The number of hydrogen-bond donors (Lipinski definition) is 2. The maximum Gasteiger partial charge on any atom is 0.243 e. The van der Waals surface area contributed by atoms with Crippen LogP contribution in [0, 0.1) is 12.8 Å². The van der Waals surface area contributed by atoms with Gasteiger partial charge in [-0.2, -0.15) is 0 Å². The zero-order valence-electron chi connectivity index (χ0n) is 16.7. The number of morpholine rings is 1. The highest BCUT2D eigenvalue weighted by Gasteiger charge is 2.34. The summed E-state index contributed by atoms with van der Waals surface area (Å²) >= 11 is 3.44. The van der Waals surface area contributed by atoms with Gasteiger partial charge in [0, 0.05) is 23.2 Å². The van der Waals surface area contributed by atoms with Crippen LogP contribution < -0.4 is 10.6 Å². The molecule has 0 aromatic heterocycles. The molecule has 3 atom stereocenters. The normalized spacial score (nSPS) is 21.7. The van der Waals surface area contributed by atoms with Crippen LogP contribution >= 0.6 is 15.9 Å². The minimum atomic E-state index is -0.276. The van der Waals surface area contributed by atoms with E-state index in [9.17, 15) is 9.59 Å². The van der Waals surface area contributed by atoms with Crippen molar-refractivity contribution in [2.45, 2.75) is 52.9 Å². The number of ether oxygens (including phenoxy) is 1. The van der Waals surface area contributed by atoms with Crippen molar-refractivity contribution in [1.29, 1.82) is 0 Å². The predicted octanol–water partition coefficient (Wildman–Crippen LogP) is 2.95. The molecule has 1 aromatic carbocycles. The number of rotatable bonds is 6. The summed E-state index contributed by atoms with van der Waals surface area (Å²) in [5, 5.41) is 5.61. The van der Waals surface area contributed by atoms with E-state index in [1.54, 1.807) is 0 Å². The molecule has 27 heavy (non-hydrogen) atoms. The number of nitrogens with zero attached hydrogens (tertiary/aromatic N) is 1. The average molecular weight is 440 g/mol. The Labute approximate surface area is 170 Å². The fraction of sp³-hybridized carbons (Fsp3) is 0.600. The molecule has 1 aliphatic heterocycles. The first-order valence-electron chi connectivity index (χ1n) is 9.40. The Balaban J connectivity index is 1.93. The Morgan fingerprint density at radius 2 is 1.89 bits per heavy atom. The molecular formula is C20H30BrN3O3. The number of carbonyl (C=O) groups is 2. The molecule has 2 rings (SSSR count). The van der Waals surface area contributed by atoms with Crippen LogP contribution in [0.3, 0.4) is 0 Å². The fourth-order valence-electron chi connectivity index (χ4n) is 3.53. The first kappa shape index (κ1) is 21.9. The van der Waals surface area contributed by atoms with Crippen LogP contribution in [0.1, 0.15) is 33.3 Å². The van der Waals surface area contributed by atoms with E-state index >= 15 is 0 Å². The number of aryl methyl sites for hydroxylation is 1. The van der Waals surface area contributed by atoms with Crippen LogP contribution in [0.15, 0.2) is 22.7 Å². The number of benzene rings is 1. The Hall–Kier alpha value is -1.44. The van der Waals surface area contributed by atoms with E-state index in [1.165, 1.54) is 0 Å². The van der Waals surface area contributed by atoms with Gasteiger partial charge in [-0.15, -0.1) is 0 Å². The van der Waals surface area contributed by atoms with Crippen molar-refractivity contribution < 1.29 is 14.3 Å². The molecule has 0 spiro atoms. The minimum absolute atomic E-state index is 0.0490. The summed E-state index contributed by atoms with van der Waals surface area (Å²) in [5.41, 5.74) is 1.75. The van der Waals surface area contributed by atoms with Gasteiger partial charge in [-0.3, -0.25) is 14.5 Å². The lowest BCUT2D eigenvalue weighted by atomic mass is 9.99. The summed E-state index contributed by atoms with van der Waals surface area (Å²) in [6, 6.07) is 5.32. The largest absolute Gasteiger partial charge is 0.373 e. The summed E-state index contributed by atoms with van der Waals surface area (Å²) in [5.74, 6) is -0.218. The molecule has 1 fully saturated rings. The van der Waals surface area contributed by atoms with Crippen molar-refractivity contribution in [3.05, 3.63) is 28.2 Å². The van der Waals surface area contributed by atoms with Crippen LogP contribution in [0.25, 0.3) is 0 Å². The highest BCUT2D eigenvalue weighted by molar-refractivity contribution is 9.10. The number of halogens is 1. The highest BCUT2D eigenvalue weighted by atomic mass is 79.9. The third-order valence-corrected chi connectivity index (χ3v) is 5.50. The number of anilines is 1. The summed E-state index contributed by atoms with van der Waals surface area (Å²) in [6.07, 6.45) is 0.179. The van der Waals surface area contributed by atoms with Crippen molar-refractivity contribution in [1.82, 2.24) is 10.2 Å². The molecule has 1 heterocycles. The minimum Gasteiger partial charge on any atom is -0.373 e. The zero-order valence-corrected chi connectivity index (χ0v) is 18.3. The second kappa shape index (κ2) is 9.66. The first-order chi connectivity index (χ1) is 12.7. The molecule has 0 radical (unpaired) electrons. The summed E-state index contributed by atoms with van der Waals surface area (Å²) < 4.78 is 6.76. The van der Waals surface area contributed by atoms with Gasteiger partial charge in [-0.25, -0.2) is 0 Å². The highest BCUT2D eigenvalue weighted by Crippen LogP contribution is 2.20. The summed E-state index contributed by atoms with van der Waals surface area (Å²) in [7, 11) is 0. The van der Waals surface area contributed by atoms with Gasteiger partial charge in [-0.1, -0.05) is 29.8 Å². The Kier molecular flexibility index (Phi) is 7.82. The second-order valence-electron chi connectivity index (χ2n) is 7.63. The molecular weight excluding hydrogens is 410 g/mol. The van der Waals surface area contributed by atoms with Crippen LogP contribution in [0.4, 0.5) is 5.69 Å². The van der Waals surface area contributed by atoms with Crippen LogP contribution in [-0.2, 0) is 14.3 Å². The Morgan fingerprint density at radius 1 is 1.26 bits per heavy atom. The molecule has 1 saturated heterocycles. The monoisotopic (exact) mass is 439 g/mol. The molecule has 3 unspecified atom stereocenters. The van der Waals surface area contributed by atoms with E-state index < -0.39 is 0 Å². The molecule has 0 bridgehead atoms. The number of amides is 2. The molecule has 2 amide bonds. The number of nitrogens with one attached hydrogen (secondary N) is 2. The van der Waals surface area contributed by atoms with E-state index in [1.807, 2.05) is 52.8 Å². The third kappa shape index (κ3) is 6.30. The van der Waals surface area contributed by atoms with E-state index in [0.29, 0.717) is 18.8 Å². The van der Waals surface area contributed by atoms with Crippen molar-refractivity contribution in [2.24, 2.45) is 5.92 Å².